The summed E-state index contributed by atoms with van der Waals surface area (Å²) in [5.41, 5.74) is 0.455. The van der Waals surface area contributed by atoms with Crippen molar-refractivity contribution >= 4 is 14.3 Å². The maximum atomic E-state index is 11.2. The monoisotopic (exact) mass is 244 g/mol. The first-order valence-corrected chi connectivity index (χ1v) is 8.42. The third kappa shape index (κ3) is 4.94. The maximum Gasteiger partial charge on any atom is 0.333 e. The molecular weight excluding hydrogens is 220 g/mol. The summed E-state index contributed by atoms with van der Waals surface area (Å²) >= 11 is 0. The summed E-state index contributed by atoms with van der Waals surface area (Å²) < 4.78 is 10.8. The number of rotatable bonds is 8. The number of carbonyl (C=O) groups is 1. The first-order valence-electron chi connectivity index (χ1n) is 5.89. The molecule has 0 aliphatic rings. The van der Waals surface area contributed by atoms with E-state index in [1.165, 1.54) is 0 Å². The van der Waals surface area contributed by atoms with Crippen molar-refractivity contribution in [1.82, 2.24) is 0 Å². The van der Waals surface area contributed by atoms with Crippen molar-refractivity contribution < 1.29 is 14.0 Å². The second-order valence-electron chi connectivity index (χ2n) is 4.16. The highest BCUT2D eigenvalue weighted by molar-refractivity contribution is 6.73. The highest BCUT2D eigenvalue weighted by Gasteiger charge is 2.30. The summed E-state index contributed by atoms with van der Waals surface area (Å²) in [6.45, 7) is 9.99. The minimum absolute atomic E-state index is 0.299. The van der Waals surface area contributed by atoms with Gasteiger partial charge >= 0.3 is 5.97 Å². The van der Waals surface area contributed by atoms with Gasteiger partial charge < -0.3 is 9.16 Å². The smallest absolute Gasteiger partial charge is 0.333 e. The van der Waals surface area contributed by atoms with Crippen molar-refractivity contribution in [2.75, 3.05) is 13.7 Å². The van der Waals surface area contributed by atoms with E-state index in [4.69, 9.17) is 9.16 Å². The Morgan fingerprint density at radius 1 is 1.31 bits per heavy atom. The van der Waals surface area contributed by atoms with Crippen LogP contribution in [-0.4, -0.2) is 28.0 Å². The minimum Gasteiger partial charge on any atom is -0.463 e. The van der Waals surface area contributed by atoms with Crippen LogP contribution < -0.4 is 0 Å². The van der Waals surface area contributed by atoms with E-state index in [1.807, 2.05) is 0 Å². The van der Waals surface area contributed by atoms with E-state index in [-0.39, 0.29) is 5.97 Å². The molecule has 0 heterocycles. The normalized spacial score (nSPS) is 14.2. The lowest BCUT2D eigenvalue weighted by atomic mass is 10.4. The fraction of sp³-hybridized carbons (Fsp3) is 0.750. The molecule has 0 rings (SSSR count). The largest absolute Gasteiger partial charge is 0.463 e. The highest BCUT2D eigenvalue weighted by atomic mass is 28.4. The van der Waals surface area contributed by atoms with E-state index < -0.39 is 8.32 Å². The van der Waals surface area contributed by atoms with Gasteiger partial charge in [-0.05, 0) is 19.0 Å². The van der Waals surface area contributed by atoms with Gasteiger partial charge in [0, 0.05) is 18.7 Å². The van der Waals surface area contributed by atoms with Crippen LogP contribution in [0.1, 0.15) is 27.2 Å². The number of ether oxygens (including phenoxy) is 1. The van der Waals surface area contributed by atoms with E-state index in [0.717, 1.165) is 24.6 Å². The van der Waals surface area contributed by atoms with Crippen molar-refractivity contribution in [3.63, 3.8) is 0 Å². The van der Waals surface area contributed by atoms with Gasteiger partial charge in [0.2, 0.25) is 0 Å². The lowest BCUT2D eigenvalue weighted by molar-refractivity contribution is -0.138. The molecule has 0 N–H and O–H groups in total. The van der Waals surface area contributed by atoms with Crippen molar-refractivity contribution in [2.45, 2.75) is 45.3 Å². The highest BCUT2D eigenvalue weighted by Crippen LogP contribution is 2.23. The molecule has 3 nitrogen and oxygen atoms in total. The zero-order valence-corrected chi connectivity index (χ0v) is 12.0. The quantitative estimate of drug-likeness (QED) is 0.374. The predicted molar refractivity (Wildman–Crippen MR) is 68.9 cm³/mol. The standard InChI is InChI=1S/C12H24O3Si/c1-6-9-16(7-2,14-5)10-8-15-12(13)11(3)4/h3,6-10H2,1-2,4-5H3. The van der Waals surface area contributed by atoms with Crippen LogP contribution in [0.3, 0.4) is 0 Å². The first-order chi connectivity index (χ1) is 7.51. The molecule has 0 fully saturated rings. The number of esters is 1. The zero-order chi connectivity index (χ0) is 12.6. The van der Waals surface area contributed by atoms with Gasteiger partial charge in [-0.25, -0.2) is 4.79 Å². The molecule has 94 valence electrons. The molecule has 0 aromatic rings. The van der Waals surface area contributed by atoms with Gasteiger partial charge in [-0.2, -0.15) is 0 Å². The Morgan fingerprint density at radius 2 is 1.94 bits per heavy atom. The van der Waals surface area contributed by atoms with E-state index >= 15 is 0 Å². The first kappa shape index (κ1) is 15.4. The molecule has 0 saturated heterocycles. The summed E-state index contributed by atoms with van der Waals surface area (Å²) in [6.07, 6.45) is 1.13. The summed E-state index contributed by atoms with van der Waals surface area (Å²) in [5.74, 6) is -0.299. The van der Waals surface area contributed by atoms with Crippen LogP contribution in [0.2, 0.25) is 18.1 Å². The van der Waals surface area contributed by atoms with E-state index in [2.05, 4.69) is 20.4 Å². The Morgan fingerprint density at radius 3 is 2.31 bits per heavy atom. The molecule has 0 aromatic carbocycles. The fourth-order valence-electron chi connectivity index (χ4n) is 1.74. The topological polar surface area (TPSA) is 35.5 Å². The summed E-state index contributed by atoms with van der Waals surface area (Å²) in [7, 11) is 0.132. The van der Waals surface area contributed by atoms with Crippen LogP contribution in [0.15, 0.2) is 12.2 Å². The maximum absolute atomic E-state index is 11.2. The Kier molecular flexibility index (Phi) is 7.33. The molecule has 0 aliphatic heterocycles. The Labute approximate surface area is 100.0 Å². The van der Waals surface area contributed by atoms with Crippen LogP contribution in [0, 0.1) is 0 Å². The number of carbonyl (C=O) groups excluding carboxylic acids is 1. The second-order valence-corrected chi connectivity index (χ2v) is 8.64. The van der Waals surface area contributed by atoms with Crippen molar-refractivity contribution in [1.29, 1.82) is 0 Å². The van der Waals surface area contributed by atoms with Gasteiger partial charge in [0.15, 0.2) is 8.32 Å². The van der Waals surface area contributed by atoms with Crippen LogP contribution in [0.25, 0.3) is 0 Å². The lowest BCUT2D eigenvalue weighted by Gasteiger charge is -2.27. The molecule has 0 radical (unpaired) electrons. The Balaban J connectivity index is 4.12. The van der Waals surface area contributed by atoms with Gasteiger partial charge in [-0.15, -0.1) is 0 Å². The van der Waals surface area contributed by atoms with E-state index in [9.17, 15) is 4.79 Å². The Hall–Kier alpha value is -0.613. The number of hydrogen-bond acceptors (Lipinski definition) is 3. The van der Waals surface area contributed by atoms with Crippen molar-refractivity contribution in [2.24, 2.45) is 0 Å². The Bertz CT molecular complexity index is 234. The molecule has 16 heavy (non-hydrogen) atoms. The van der Waals surface area contributed by atoms with E-state index in [1.54, 1.807) is 14.0 Å². The molecule has 0 aromatic heterocycles. The van der Waals surface area contributed by atoms with Crippen LogP contribution in [-0.2, 0) is 14.0 Å². The van der Waals surface area contributed by atoms with Crippen LogP contribution in [0.4, 0.5) is 0 Å². The number of hydrogen-bond donors (Lipinski definition) is 0. The molecule has 4 heteroatoms. The SMILES string of the molecule is C=C(C)C(=O)OCC[Si](CC)(CCC)OC. The predicted octanol–water partition coefficient (Wildman–Crippen LogP) is 3.13. The average molecular weight is 244 g/mol. The zero-order valence-electron chi connectivity index (χ0n) is 11.0. The third-order valence-corrected chi connectivity index (χ3v) is 7.60. The van der Waals surface area contributed by atoms with Gasteiger partial charge in [0.1, 0.15) is 0 Å². The second kappa shape index (κ2) is 7.63. The average Bonchev–Trinajstić information content (AvgIpc) is 2.27. The molecule has 0 amide bonds. The van der Waals surface area contributed by atoms with Gasteiger partial charge in [-0.1, -0.05) is 26.8 Å². The van der Waals surface area contributed by atoms with Gasteiger partial charge in [-0.3, -0.25) is 0 Å². The van der Waals surface area contributed by atoms with Crippen LogP contribution >= 0.6 is 0 Å². The van der Waals surface area contributed by atoms with Gasteiger partial charge in [0.05, 0.1) is 6.61 Å². The van der Waals surface area contributed by atoms with Crippen molar-refractivity contribution in [3.8, 4) is 0 Å². The molecule has 0 spiro atoms. The van der Waals surface area contributed by atoms with E-state index in [0.29, 0.717) is 12.2 Å². The summed E-state index contributed by atoms with van der Waals surface area (Å²) in [5, 5.41) is 0. The molecule has 1 atom stereocenters. The molecule has 1 unspecified atom stereocenters. The molecule has 0 bridgehead atoms. The summed E-state index contributed by atoms with van der Waals surface area (Å²) in [6, 6.07) is 3.08. The molecule has 0 saturated carbocycles. The van der Waals surface area contributed by atoms with Crippen LogP contribution in [0.5, 0.6) is 0 Å². The fourth-order valence-corrected chi connectivity index (χ4v) is 4.77. The molecular formula is C12H24O3Si. The third-order valence-electron chi connectivity index (χ3n) is 2.92. The minimum atomic E-state index is -1.65. The van der Waals surface area contributed by atoms with Crippen molar-refractivity contribution in [3.05, 3.63) is 12.2 Å². The molecule has 0 aliphatic carbocycles. The van der Waals surface area contributed by atoms with Gasteiger partial charge in [0.25, 0.3) is 0 Å². The lowest BCUT2D eigenvalue weighted by Crippen LogP contribution is -2.37. The summed E-state index contributed by atoms with van der Waals surface area (Å²) in [4.78, 5) is 11.2.